The normalized spacial score (nSPS) is 19.4. The molecule has 2 rings (SSSR count). The number of esters is 1. The van der Waals surface area contributed by atoms with E-state index in [2.05, 4.69) is 5.32 Å². The van der Waals surface area contributed by atoms with Gasteiger partial charge in [0.1, 0.15) is 11.8 Å². The molecular formula is C15H21NO4. The molecule has 1 aliphatic heterocycles. The van der Waals surface area contributed by atoms with Crippen molar-refractivity contribution in [2.45, 2.75) is 19.4 Å². The van der Waals surface area contributed by atoms with Gasteiger partial charge in [-0.2, -0.15) is 0 Å². The van der Waals surface area contributed by atoms with Gasteiger partial charge < -0.3 is 19.5 Å². The van der Waals surface area contributed by atoms with Gasteiger partial charge in [-0.3, -0.25) is 0 Å². The van der Waals surface area contributed by atoms with E-state index in [1.807, 2.05) is 31.2 Å². The van der Waals surface area contributed by atoms with Crippen molar-refractivity contribution < 1.29 is 19.0 Å². The first-order valence-corrected chi connectivity index (χ1v) is 6.89. The van der Waals surface area contributed by atoms with Gasteiger partial charge in [-0.15, -0.1) is 0 Å². The number of rotatable bonds is 6. The van der Waals surface area contributed by atoms with E-state index < -0.39 is 0 Å². The number of carbonyl (C=O) groups is 1. The molecule has 5 nitrogen and oxygen atoms in total. The SMILES string of the molecule is CCOC(=O)C(Nc1ccc(OC)cc1)C1CCOC1. The lowest BCUT2D eigenvalue weighted by atomic mass is 9.98. The Hall–Kier alpha value is -1.75. The number of anilines is 1. The molecule has 1 saturated heterocycles. The van der Waals surface area contributed by atoms with Crippen molar-refractivity contribution in [3.8, 4) is 5.75 Å². The summed E-state index contributed by atoms with van der Waals surface area (Å²) in [7, 11) is 1.62. The van der Waals surface area contributed by atoms with E-state index in [9.17, 15) is 4.79 Å². The van der Waals surface area contributed by atoms with Crippen LogP contribution in [0.1, 0.15) is 13.3 Å². The van der Waals surface area contributed by atoms with E-state index in [1.54, 1.807) is 7.11 Å². The molecule has 5 heteroatoms. The Kier molecular flexibility index (Phi) is 5.24. The fourth-order valence-electron chi connectivity index (χ4n) is 2.28. The minimum absolute atomic E-state index is 0.149. The number of ether oxygens (including phenoxy) is 3. The van der Waals surface area contributed by atoms with Crippen LogP contribution in [0.4, 0.5) is 5.69 Å². The summed E-state index contributed by atoms with van der Waals surface area (Å²) in [6.45, 7) is 3.48. The lowest BCUT2D eigenvalue weighted by Gasteiger charge is -2.23. The number of methoxy groups -OCH3 is 1. The molecule has 0 amide bonds. The predicted molar refractivity (Wildman–Crippen MR) is 76.0 cm³/mol. The van der Waals surface area contributed by atoms with Crippen LogP contribution in [0.15, 0.2) is 24.3 Å². The number of carbonyl (C=O) groups excluding carboxylic acids is 1. The van der Waals surface area contributed by atoms with Gasteiger partial charge in [-0.25, -0.2) is 4.79 Å². The first-order chi connectivity index (χ1) is 9.74. The van der Waals surface area contributed by atoms with Crippen LogP contribution in [0.5, 0.6) is 5.75 Å². The summed E-state index contributed by atoms with van der Waals surface area (Å²) in [5.74, 6) is 0.711. The molecule has 1 heterocycles. The summed E-state index contributed by atoms with van der Waals surface area (Å²) in [6.07, 6.45) is 0.868. The van der Waals surface area contributed by atoms with E-state index >= 15 is 0 Å². The Morgan fingerprint density at radius 3 is 2.75 bits per heavy atom. The third kappa shape index (κ3) is 3.63. The molecule has 0 aliphatic carbocycles. The van der Waals surface area contributed by atoms with Crippen molar-refractivity contribution in [2.24, 2.45) is 5.92 Å². The molecule has 0 bridgehead atoms. The molecule has 2 atom stereocenters. The highest BCUT2D eigenvalue weighted by atomic mass is 16.5. The first-order valence-electron chi connectivity index (χ1n) is 6.89. The second kappa shape index (κ2) is 7.14. The summed E-state index contributed by atoms with van der Waals surface area (Å²) < 4.78 is 15.6. The van der Waals surface area contributed by atoms with Gasteiger partial charge in [0.2, 0.25) is 0 Å². The Morgan fingerprint density at radius 2 is 2.20 bits per heavy atom. The van der Waals surface area contributed by atoms with Gasteiger partial charge >= 0.3 is 5.97 Å². The Morgan fingerprint density at radius 1 is 1.45 bits per heavy atom. The van der Waals surface area contributed by atoms with Crippen molar-refractivity contribution in [1.29, 1.82) is 0 Å². The Bertz CT molecular complexity index is 426. The standard InChI is InChI=1S/C15H21NO4/c1-3-20-15(17)14(11-8-9-19-10-11)16-12-4-6-13(18-2)7-5-12/h4-7,11,14,16H,3,8-10H2,1-2H3. The van der Waals surface area contributed by atoms with Crippen LogP contribution in [-0.2, 0) is 14.3 Å². The molecule has 0 radical (unpaired) electrons. The summed E-state index contributed by atoms with van der Waals surface area (Å²) in [5, 5.41) is 3.25. The molecule has 0 spiro atoms. The van der Waals surface area contributed by atoms with Crippen LogP contribution in [0.3, 0.4) is 0 Å². The highest BCUT2D eigenvalue weighted by Gasteiger charge is 2.32. The molecule has 2 unspecified atom stereocenters. The van der Waals surface area contributed by atoms with E-state index in [0.29, 0.717) is 19.8 Å². The lowest BCUT2D eigenvalue weighted by Crippen LogP contribution is -2.38. The minimum Gasteiger partial charge on any atom is -0.497 e. The van der Waals surface area contributed by atoms with Crippen molar-refractivity contribution in [2.75, 3.05) is 32.2 Å². The molecule has 0 aromatic heterocycles. The highest BCUT2D eigenvalue weighted by molar-refractivity contribution is 5.79. The fourth-order valence-corrected chi connectivity index (χ4v) is 2.28. The summed E-state index contributed by atoms with van der Waals surface area (Å²) in [6, 6.07) is 7.12. The zero-order valence-electron chi connectivity index (χ0n) is 11.9. The molecular weight excluding hydrogens is 258 g/mol. The third-order valence-electron chi connectivity index (χ3n) is 3.39. The Balaban J connectivity index is 2.07. The van der Waals surface area contributed by atoms with Crippen LogP contribution < -0.4 is 10.1 Å². The van der Waals surface area contributed by atoms with Gasteiger partial charge in [0.05, 0.1) is 20.3 Å². The summed E-state index contributed by atoms with van der Waals surface area (Å²) >= 11 is 0. The third-order valence-corrected chi connectivity index (χ3v) is 3.39. The highest BCUT2D eigenvalue weighted by Crippen LogP contribution is 2.23. The molecule has 0 saturated carbocycles. The van der Waals surface area contributed by atoms with Crippen LogP contribution in [0, 0.1) is 5.92 Å². The molecule has 1 aliphatic rings. The number of hydrogen-bond donors (Lipinski definition) is 1. The number of hydrogen-bond acceptors (Lipinski definition) is 5. The maximum atomic E-state index is 12.1. The van der Waals surface area contributed by atoms with Crippen LogP contribution in [0.25, 0.3) is 0 Å². The summed E-state index contributed by atoms with van der Waals surface area (Å²) in [5.41, 5.74) is 0.871. The van der Waals surface area contributed by atoms with Gasteiger partial charge in [-0.1, -0.05) is 0 Å². The first kappa shape index (κ1) is 14.7. The second-order valence-electron chi connectivity index (χ2n) is 4.73. The Labute approximate surface area is 119 Å². The van der Waals surface area contributed by atoms with Gasteiger partial charge in [0.15, 0.2) is 0 Å². The van der Waals surface area contributed by atoms with Crippen molar-refractivity contribution in [3.63, 3.8) is 0 Å². The average molecular weight is 279 g/mol. The molecule has 1 N–H and O–H groups in total. The van der Waals surface area contributed by atoms with Crippen molar-refractivity contribution >= 4 is 11.7 Å². The molecule has 1 aromatic rings. The zero-order valence-corrected chi connectivity index (χ0v) is 11.9. The quantitative estimate of drug-likeness (QED) is 0.808. The topological polar surface area (TPSA) is 56.8 Å². The lowest BCUT2D eigenvalue weighted by molar-refractivity contribution is -0.145. The van der Waals surface area contributed by atoms with Crippen LogP contribution in [0.2, 0.25) is 0 Å². The van der Waals surface area contributed by atoms with Crippen molar-refractivity contribution in [3.05, 3.63) is 24.3 Å². The van der Waals surface area contributed by atoms with Gasteiger partial charge in [0.25, 0.3) is 0 Å². The molecule has 1 fully saturated rings. The van der Waals surface area contributed by atoms with E-state index in [0.717, 1.165) is 17.9 Å². The van der Waals surface area contributed by atoms with Gasteiger partial charge in [-0.05, 0) is 37.6 Å². The zero-order chi connectivity index (χ0) is 14.4. The molecule has 110 valence electrons. The molecule has 1 aromatic carbocycles. The maximum Gasteiger partial charge on any atom is 0.328 e. The van der Waals surface area contributed by atoms with E-state index in [1.165, 1.54) is 0 Å². The van der Waals surface area contributed by atoms with E-state index in [-0.39, 0.29) is 17.9 Å². The monoisotopic (exact) mass is 279 g/mol. The maximum absolute atomic E-state index is 12.1. The van der Waals surface area contributed by atoms with Gasteiger partial charge in [0, 0.05) is 18.2 Å². The minimum atomic E-state index is -0.370. The second-order valence-corrected chi connectivity index (χ2v) is 4.73. The number of benzene rings is 1. The molecule has 20 heavy (non-hydrogen) atoms. The van der Waals surface area contributed by atoms with Crippen molar-refractivity contribution in [1.82, 2.24) is 0 Å². The largest absolute Gasteiger partial charge is 0.497 e. The average Bonchev–Trinajstić information content (AvgIpc) is 2.99. The fraction of sp³-hybridized carbons (Fsp3) is 0.533. The smallest absolute Gasteiger partial charge is 0.328 e. The van der Waals surface area contributed by atoms with E-state index in [4.69, 9.17) is 14.2 Å². The van der Waals surface area contributed by atoms with Crippen LogP contribution >= 0.6 is 0 Å². The van der Waals surface area contributed by atoms with Crippen LogP contribution in [-0.4, -0.2) is 38.9 Å². The predicted octanol–water partition coefficient (Wildman–Crippen LogP) is 2.08. The number of nitrogens with one attached hydrogen (secondary N) is 1. The summed E-state index contributed by atoms with van der Waals surface area (Å²) in [4.78, 5) is 12.1.